The van der Waals surface area contributed by atoms with Crippen LogP contribution in [0, 0.1) is 5.92 Å². The monoisotopic (exact) mass is 351 g/mol. The van der Waals surface area contributed by atoms with E-state index in [1.165, 1.54) is 44.5 Å². The quantitative estimate of drug-likeness (QED) is 0.450. The van der Waals surface area contributed by atoms with Gasteiger partial charge in [0.15, 0.2) is 5.96 Å². The number of guanidine groups is 1. The molecule has 5 nitrogen and oxygen atoms in total. The number of aliphatic imine (C=N–C) groups is 1. The SMILES string of the molecule is CCN1CCC(CCNC(=NC)NCCc2ccc(Cl)nc2)CC1. The van der Waals surface area contributed by atoms with E-state index in [-0.39, 0.29) is 0 Å². The summed E-state index contributed by atoms with van der Waals surface area (Å²) in [6.07, 6.45) is 6.60. The highest BCUT2D eigenvalue weighted by atomic mass is 35.5. The fraction of sp³-hybridized carbons (Fsp3) is 0.667. The minimum atomic E-state index is 0.536. The summed E-state index contributed by atoms with van der Waals surface area (Å²) in [5.41, 5.74) is 1.17. The molecule has 24 heavy (non-hydrogen) atoms. The number of pyridine rings is 1. The third-order valence-electron chi connectivity index (χ3n) is 4.72. The molecule has 1 saturated heterocycles. The summed E-state index contributed by atoms with van der Waals surface area (Å²) >= 11 is 5.80. The van der Waals surface area contributed by atoms with Gasteiger partial charge in [0.05, 0.1) is 0 Å². The standard InChI is InChI=1S/C18H30ClN5/c1-3-24-12-8-15(9-13-24)6-10-21-18(20-2)22-11-7-16-4-5-17(19)23-14-16/h4-5,14-15H,3,6-13H2,1-2H3,(H2,20,21,22). The van der Waals surface area contributed by atoms with Crippen molar-refractivity contribution in [3.63, 3.8) is 0 Å². The molecule has 1 aromatic rings. The predicted molar refractivity (Wildman–Crippen MR) is 102 cm³/mol. The van der Waals surface area contributed by atoms with E-state index >= 15 is 0 Å². The molecule has 0 aliphatic carbocycles. The molecule has 2 rings (SSSR count). The number of likely N-dealkylation sites (tertiary alicyclic amines) is 1. The Morgan fingerprint density at radius 1 is 1.29 bits per heavy atom. The summed E-state index contributed by atoms with van der Waals surface area (Å²) in [4.78, 5) is 10.9. The number of nitrogens with one attached hydrogen (secondary N) is 2. The lowest BCUT2D eigenvalue weighted by molar-refractivity contribution is 0.187. The molecular formula is C18H30ClN5. The third kappa shape index (κ3) is 6.65. The Morgan fingerprint density at radius 3 is 2.67 bits per heavy atom. The Bertz CT molecular complexity index is 495. The van der Waals surface area contributed by atoms with E-state index < -0.39 is 0 Å². The molecule has 6 heteroatoms. The van der Waals surface area contributed by atoms with Crippen LogP contribution in [0.3, 0.4) is 0 Å². The molecule has 1 aliphatic heterocycles. The molecule has 1 aliphatic rings. The van der Waals surface area contributed by atoms with Gasteiger partial charge in [-0.2, -0.15) is 0 Å². The van der Waals surface area contributed by atoms with Crippen molar-refractivity contribution in [3.05, 3.63) is 29.0 Å². The van der Waals surface area contributed by atoms with Crippen molar-refractivity contribution in [2.75, 3.05) is 39.8 Å². The summed E-state index contributed by atoms with van der Waals surface area (Å²) in [5, 5.41) is 7.32. The maximum Gasteiger partial charge on any atom is 0.190 e. The van der Waals surface area contributed by atoms with Gasteiger partial charge in [-0.25, -0.2) is 4.98 Å². The van der Waals surface area contributed by atoms with Gasteiger partial charge < -0.3 is 15.5 Å². The minimum Gasteiger partial charge on any atom is -0.356 e. The van der Waals surface area contributed by atoms with E-state index in [4.69, 9.17) is 11.6 Å². The molecule has 0 bridgehead atoms. The molecule has 0 radical (unpaired) electrons. The van der Waals surface area contributed by atoms with Crippen molar-refractivity contribution in [1.29, 1.82) is 0 Å². The Hall–Kier alpha value is -1.33. The first kappa shape index (κ1) is 19.0. The van der Waals surface area contributed by atoms with Crippen LogP contribution in [-0.4, -0.2) is 55.6 Å². The smallest absolute Gasteiger partial charge is 0.190 e. The van der Waals surface area contributed by atoms with Gasteiger partial charge in [0.2, 0.25) is 0 Å². The van der Waals surface area contributed by atoms with Gasteiger partial charge in [0.25, 0.3) is 0 Å². The van der Waals surface area contributed by atoms with Gasteiger partial charge in [-0.1, -0.05) is 24.6 Å². The summed E-state index contributed by atoms with van der Waals surface area (Å²) in [5.74, 6) is 1.72. The second kappa shape index (κ2) is 10.5. The Kier molecular flexibility index (Phi) is 8.33. The fourth-order valence-electron chi connectivity index (χ4n) is 3.09. The first-order valence-corrected chi connectivity index (χ1v) is 9.36. The van der Waals surface area contributed by atoms with E-state index in [0.717, 1.165) is 31.4 Å². The van der Waals surface area contributed by atoms with Crippen molar-refractivity contribution in [1.82, 2.24) is 20.5 Å². The van der Waals surface area contributed by atoms with Crippen LogP contribution in [0.4, 0.5) is 0 Å². The van der Waals surface area contributed by atoms with E-state index in [2.05, 4.69) is 32.4 Å². The van der Waals surface area contributed by atoms with Gasteiger partial charge in [-0.15, -0.1) is 0 Å². The zero-order chi connectivity index (χ0) is 17.2. The Labute approximate surface area is 150 Å². The predicted octanol–water partition coefficient (Wildman–Crippen LogP) is 2.56. The number of aromatic nitrogens is 1. The maximum atomic E-state index is 5.80. The normalized spacial score (nSPS) is 17.0. The van der Waals surface area contributed by atoms with Crippen LogP contribution in [0.15, 0.2) is 23.3 Å². The molecule has 0 aromatic carbocycles. The van der Waals surface area contributed by atoms with Gasteiger partial charge in [-0.05, 0) is 62.9 Å². The van der Waals surface area contributed by atoms with E-state index in [1.54, 1.807) is 0 Å². The second-order valence-corrected chi connectivity index (χ2v) is 6.72. The fourth-order valence-corrected chi connectivity index (χ4v) is 3.20. The number of piperidine rings is 1. The maximum absolute atomic E-state index is 5.80. The molecule has 1 fully saturated rings. The average molecular weight is 352 g/mol. The first-order valence-electron chi connectivity index (χ1n) is 8.98. The highest BCUT2D eigenvalue weighted by Gasteiger charge is 2.17. The average Bonchev–Trinajstić information content (AvgIpc) is 2.62. The van der Waals surface area contributed by atoms with E-state index in [9.17, 15) is 0 Å². The molecule has 0 unspecified atom stereocenters. The minimum absolute atomic E-state index is 0.536. The number of rotatable bonds is 7. The Balaban J connectivity index is 1.59. The second-order valence-electron chi connectivity index (χ2n) is 6.33. The van der Waals surface area contributed by atoms with E-state index in [0.29, 0.717) is 5.15 Å². The lowest BCUT2D eigenvalue weighted by Gasteiger charge is -2.31. The van der Waals surface area contributed by atoms with Crippen LogP contribution in [0.5, 0.6) is 0 Å². The van der Waals surface area contributed by atoms with Crippen molar-refractivity contribution >= 4 is 17.6 Å². The van der Waals surface area contributed by atoms with Gasteiger partial charge >= 0.3 is 0 Å². The van der Waals surface area contributed by atoms with Crippen LogP contribution < -0.4 is 10.6 Å². The van der Waals surface area contributed by atoms with Crippen molar-refractivity contribution < 1.29 is 0 Å². The molecular weight excluding hydrogens is 322 g/mol. The highest BCUT2D eigenvalue weighted by Crippen LogP contribution is 2.19. The van der Waals surface area contributed by atoms with Gasteiger partial charge in [0.1, 0.15) is 5.15 Å². The van der Waals surface area contributed by atoms with Crippen molar-refractivity contribution in [3.8, 4) is 0 Å². The molecule has 2 heterocycles. The molecule has 0 amide bonds. The van der Waals surface area contributed by atoms with Crippen LogP contribution in [-0.2, 0) is 6.42 Å². The third-order valence-corrected chi connectivity index (χ3v) is 4.94. The van der Waals surface area contributed by atoms with Crippen LogP contribution in [0.2, 0.25) is 5.15 Å². The number of halogens is 1. The number of hydrogen-bond donors (Lipinski definition) is 2. The van der Waals surface area contributed by atoms with Crippen LogP contribution in [0.25, 0.3) is 0 Å². The van der Waals surface area contributed by atoms with Crippen LogP contribution in [0.1, 0.15) is 31.7 Å². The molecule has 134 valence electrons. The lowest BCUT2D eigenvalue weighted by Crippen LogP contribution is -2.40. The molecule has 2 N–H and O–H groups in total. The van der Waals surface area contributed by atoms with Gasteiger partial charge in [0, 0.05) is 26.3 Å². The summed E-state index contributed by atoms with van der Waals surface area (Å²) in [6, 6.07) is 3.84. The molecule has 1 aromatic heterocycles. The Morgan fingerprint density at radius 2 is 2.04 bits per heavy atom. The lowest BCUT2D eigenvalue weighted by atomic mass is 9.93. The molecule has 0 spiro atoms. The largest absolute Gasteiger partial charge is 0.356 e. The van der Waals surface area contributed by atoms with Crippen molar-refractivity contribution in [2.45, 2.75) is 32.6 Å². The highest BCUT2D eigenvalue weighted by molar-refractivity contribution is 6.29. The van der Waals surface area contributed by atoms with E-state index in [1.807, 2.05) is 25.4 Å². The zero-order valence-electron chi connectivity index (χ0n) is 14.9. The molecule has 0 atom stereocenters. The topological polar surface area (TPSA) is 52.5 Å². The van der Waals surface area contributed by atoms with Crippen molar-refractivity contribution in [2.24, 2.45) is 10.9 Å². The first-order chi connectivity index (χ1) is 11.7. The number of nitrogens with zero attached hydrogens (tertiary/aromatic N) is 3. The number of hydrogen-bond acceptors (Lipinski definition) is 3. The summed E-state index contributed by atoms with van der Waals surface area (Å²) < 4.78 is 0. The zero-order valence-corrected chi connectivity index (χ0v) is 15.6. The summed E-state index contributed by atoms with van der Waals surface area (Å²) in [7, 11) is 1.82. The van der Waals surface area contributed by atoms with Gasteiger partial charge in [-0.3, -0.25) is 4.99 Å². The van der Waals surface area contributed by atoms with Crippen LogP contribution >= 0.6 is 11.6 Å². The molecule has 0 saturated carbocycles. The summed E-state index contributed by atoms with van der Waals surface area (Å²) in [6.45, 7) is 7.76.